The molecule has 3 nitrogen and oxygen atoms in total. The van der Waals surface area contributed by atoms with Gasteiger partial charge in [-0.3, -0.25) is 0 Å². The zero-order chi connectivity index (χ0) is 16.0. The summed E-state index contributed by atoms with van der Waals surface area (Å²) < 4.78 is 13.0. The second-order valence-electron chi connectivity index (χ2n) is 6.39. The van der Waals surface area contributed by atoms with Crippen molar-refractivity contribution in [1.29, 1.82) is 0 Å². The van der Waals surface area contributed by atoms with Crippen LogP contribution in [-0.4, -0.2) is 26.8 Å². The molecule has 0 radical (unpaired) electrons. The number of rotatable bonds is 8. The van der Waals surface area contributed by atoms with Gasteiger partial charge >= 0.3 is 0 Å². The van der Waals surface area contributed by atoms with E-state index in [1.807, 2.05) is 12.1 Å². The zero-order valence-corrected chi connectivity index (χ0v) is 16.6. The van der Waals surface area contributed by atoms with E-state index in [2.05, 4.69) is 64.9 Å². The fourth-order valence-corrected chi connectivity index (χ4v) is 2.72. The molecule has 0 aliphatic heterocycles. The molecule has 0 bridgehead atoms. The van der Waals surface area contributed by atoms with Gasteiger partial charge in [-0.15, -0.1) is 0 Å². The third-order valence-corrected chi connectivity index (χ3v) is 4.22. The van der Waals surface area contributed by atoms with E-state index in [1.54, 1.807) is 7.11 Å². The van der Waals surface area contributed by atoms with Gasteiger partial charge in [-0.1, -0.05) is 27.7 Å². The maximum Gasteiger partial charge on any atom is 0.134 e. The van der Waals surface area contributed by atoms with Crippen LogP contribution in [0, 0.1) is 11.3 Å². The Morgan fingerprint density at radius 2 is 1.71 bits per heavy atom. The molecule has 0 amide bonds. The average Bonchev–Trinajstić information content (AvgIpc) is 2.38. The minimum absolute atomic E-state index is 0.0702. The molecule has 0 aromatic heterocycles. The fraction of sp³-hybridized carbons (Fsp3) is 0.625. The maximum atomic E-state index is 5.97. The van der Waals surface area contributed by atoms with Gasteiger partial charge in [0.25, 0.3) is 0 Å². The second kappa shape index (κ2) is 8.39. The van der Waals surface area contributed by atoms with Crippen LogP contribution in [0.3, 0.4) is 0 Å². The van der Waals surface area contributed by atoms with Gasteiger partial charge in [-0.25, -0.2) is 0 Å². The molecular weight excluding hydrogens is 398 g/mol. The van der Waals surface area contributed by atoms with E-state index >= 15 is 0 Å². The van der Waals surface area contributed by atoms with Crippen LogP contribution in [0.25, 0.3) is 0 Å². The zero-order valence-electron chi connectivity index (χ0n) is 13.4. The average molecular weight is 423 g/mol. The SMILES string of the molecule is COc1cc(Br)c(OCC(C)(C)CNCC(C)C)cc1Br. The fourth-order valence-electron chi connectivity index (χ4n) is 1.80. The van der Waals surface area contributed by atoms with Crippen LogP contribution in [0.1, 0.15) is 27.7 Å². The molecule has 0 aliphatic rings. The molecular formula is C16H25Br2NO2. The van der Waals surface area contributed by atoms with Crippen LogP contribution in [-0.2, 0) is 0 Å². The third-order valence-electron chi connectivity index (χ3n) is 2.98. The van der Waals surface area contributed by atoms with Crippen molar-refractivity contribution in [2.75, 3.05) is 26.8 Å². The van der Waals surface area contributed by atoms with Crippen LogP contribution >= 0.6 is 31.9 Å². The Morgan fingerprint density at radius 3 is 2.29 bits per heavy atom. The Hall–Kier alpha value is -0.260. The number of hydrogen-bond donors (Lipinski definition) is 1. The molecule has 0 aliphatic carbocycles. The first-order valence-electron chi connectivity index (χ1n) is 7.11. The summed E-state index contributed by atoms with van der Waals surface area (Å²) in [6.07, 6.45) is 0. The molecule has 21 heavy (non-hydrogen) atoms. The molecule has 0 fully saturated rings. The molecule has 1 rings (SSSR count). The van der Waals surface area contributed by atoms with Crippen molar-refractivity contribution in [3.63, 3.8) is 0 Å². The first kappa shape index (κ1) is 18.8. The molecule has 1 aromatic carbocycles. The summed E-state index contributed by atoms with van der Waals surface area (Å²) in [5.41, 5.74) is 0.0702. The first-order chi connectivity index (χ1) is 9.75. The van der Waals surface area contributed by atoms with Crippen molar-refractivity contribution in [1.82, 2.24) is 5.32 Å². The van der Waals surface area contributed by atoms with Gasteiger partial charge in [-0.2, -0.15) is 0 Å². The summed E-state index contributed by atoms with van der Waals surface area (Å²) in [5, 5.41) is 3.48. The molecule has 0 spiro atoms. The second-order valence-corrected chi connectivity index (χ2v) is 8.10. The normalized spacial score (nSPS) is 11.8. The van der Waals surface area contributed by atoms with Crippen molar-refractivity contribution < 1.29 is 9.47 Å². The van der Waals surface area contributed by atoms with E-state index in [-0.39, 0.29) is 5.41 Å². The summed E-state index contributed by atoms with van der Waals surface area (Å²) >= 11 is 7.00. The Kier molecular flexibility index (Phi) is 7.51. The van der Waals surface area contributed by atoms with Crippen molar-refractivity contribution in [2.24, 2.45) is 11.3 Å². The van der Waals surface area contributed by atoms with Crippen LogP contribution < -0.4 is 14.8 Å². The lowest BCUT2D eigenvalue weighted by atomic mass is 9.94. The largest absolute Gasteiger partial charge is 0.496 e. The highest BCUT2D eigenvalue weighted by molar-refractivity contribution is 9.11. The van der Waals surface area contributed by atoms with Crippen LogP contribution in [0.5, 0.6) is 11.5 Å². The van der Waals surface area contributed by atoms with Gasteiger partial charge in [-0.05, 0) is 56.5 Å². The van der Waals surface area contributed by atoms with Crippen molar-refractivity contribution in [3.05, 3.63) is 21.1 Å². The number of halogens is 2. The summed E-state index contributed by atoms with van der Waals surface area (Å²) in [4.78, 5) is 0. The predicted octanol–water partition coefficient (Wildman–Crippen LogP) is 4.87. The Labute approximate surface area is 145 Å². The van der Waals surface area contributed by atoms with E-state index in [1.165, 1.54) is 0 Å². The molecule has 1 N–H and O–H groups in total. The third kappa shape index (κ3) is 6.57. The molecule has 0 unspecified atom stereocenters. The summed E-state index contributed by atoms with van der Waals surface area (Å²) in [5.74, 6) is 2.26. The minimum Gasteiger partial charge on any atom is -0.496 e. The van der Waals surface area contributed by atoms with E-state index in [9.17, 15) is 0 Å². The van der Waals surface area contributed by atoms with Crippen LogP contribution in [0.4, 0.5) is 0 Å². The Morgan fingerprint density at radius 1 is 1.14 bits per heavy atom. The van der Waals surface area contributed by atoms with Crippen LogP contribution in [0.15, 0.2) is 21.1 Å². The number of ether oxygens (including phenoxy) is 2. The van der Waals surface area contributed by atoms with Gasteiger partial charge in [0, 0.05) is 12.0 Å². The number of nitrogens with one attached hydrogen (secondary N) is 1. The highest BCUT2D eigenvalue weighted by Crippen LogP contribution is 2.36. The van der Waals surface area contributed by atoms with E-state index in [4.69, 9.17) is 9.47 Å². The predicted molar refractivity (Wildman–Crippen MR) is 95.4 cm³/mol. The topological polar surface area (TPSA) is 30.5 Å². The molecule has 120 valence electrons. The van der Waals surface area contributed by atoms with Gasteiger partial charge in [0.2, 0.25) is 0 Å². The van der Waals surface area contributed by atoms with E-state index in [0.717, 1.165) is 33.5 Å². The molecule has 0 saturated carbocycles. The number of benzene rings is 1. The Bertz CT molecular complexity index is 462. The smallest absolute Gasteiger partial charge is 0.134 e. The first-order valence-corrected chi connectivity index (χ1v) is 8.70. The molecule has 1 aromatic rings. The molecule has 0 atom stereocenters. The number of methoxy groups -OCH3 is 1. The molecule has 0 saturated heterocycles. The van der Waals surface area contributed by atoms with Gasteiger partial charge in [0.1, 0.15) is 11.5 Å². The lowest BCUT2D eigenvalue weighted by Crippen LogP contribution is -2.35. The van der Waals surface area contributed by atoms with E-state index < -0.39 is 0 Å². The van der Waals surface area contributed by atoms with E-state index in [0.29, 0.717) is 12.5 Å². The maximum absolute atomic E-state index is 5.97. The monoisotopic (exact) mass is 421 g/mol. The standard InChI is InChI=1S/C16H25Br2NO2/c1-11(2)8-19-9-16(3,4)10-21-15-7-12(17)14(20-5)6-13(15)18/h6-7,11,19H,8-10H2,1-5H3. The summed E-state index contributed by atoms with van der Waals surface area (Å²) in [6, 6.07) is 3.84. The lowest BCUT2D eigenvalue weighted by molar-refractivity contribution is 0.174. The highest BCUT2D eigenvalue weighted by atomic mass is 79.9. The van der Waals surface area contributed by atoms with Crippen molar-refractivity contribution >= 4 is 31.9 Å². The van der Waals surface area contributed by atoms with Gasteiger partial charge in [0.05, 0.1) is 22.7 Å². The van der Waals surface area contributed by atoms with Crippen molar-refractivity contribution in [2.45, 2.75) is 27.7 Å². The number of hydrogen-bond acceptors (Lipinski definition) is 3. The molecule has 5 heteroatoms. The van der Waals surface area contributed by atoms with Crippen molar-refractivity contribution in [3.8, 4) is 11.5 Å². The van der Waals surface area contributed by atoms with Gasteiger partial charge in [0.15, 0.2) is 0 Å². The van der Waals surface area contributed by atoms with Crippen LogP contribution in [0.2, 0.25) is 0 Å². The molecule has 0 heterocycles. The summed E-state index contributed by atoms with van der Waals surface area (Å²) in [6.45, 7) is 11.4. The highest BCUT2D eigenvalue weighted by Gasteiger charge is 2.20. The Balaban J connectivity index is 2.59. The lowest BCUT2D eigenvalue weighted by Gasteiger charge is -2.26. The quantitative estimate of drug-likeness (QED) is 0.648. The van der Waals surface area contributed by atoms with Gasteiger partial charge < -0.3 is 14.8 Å². The minimum atomic E-state index is 0.0702. The summed E-state index contributed by atoms with van der Waals surface area (Å²) in [7, 11) is 1.65.